The Morgan fingerprint density at radius 2 is 0.734 bits per heavy atom. The monoisotopic (exact) mass is 2070 g/mol. The molecule has 0 radical (unpaired) electrons. The molecule has 5 aromatic heterocycles. The maximum Gasteiger partial charge on any atom is 0.263 e. The number of sulfonamides is 6. The molecule has 16 aromatic rings. The fourth-order valence-electron chi connectivity index (χ4n) is 17.6. The Morgan fingerprint density at radius 3 is 1.20 bits per heavy atom. The molecule has 0 spiro atoms. The third-order valence-electron chi connectivity index (χ3n) is 25.1. The van der Waals surface area contributed by atoms with Gasteiger partial charge in [0.1, 0.15) is 10.7 Å². The van der Waals surface area contributed by atoms with Gasteiger partial charge in [0.2, 0.25) is 40.1 Å². The highest BCUT2D eigenvalue weighted by Gasteiger charge is 2.32. The molecule has 2 amide bonds. The second kappa shape index (κ2) is 43.5. The summed E-state index contributed by atoms with van der Waals surface area (Å²) >= 11 is 12.8. The summed E-state index contributed by atoms with van der Waals surface area (Å²) in [5.74, 6) is -0.629. The van der Waals surface area contributed by atoms with Crippen molar-refractivity contribution in [3.8, 4) is 45.0 Å². The topological polar surface area (TPSA) is 365 Å². The molecule has 0 aliphatic carbocycles. The number of nitrogens with zero attached hydrogens (tertiary/aromatic N) is 9. The van der Waals surface area contributed by atoms with E-state index in [-0.39, 0.29) is 60.9 Å². The van der Waals surface area contributed by atoms with E-state index in [2.05, 4.69) is 57.1 Å². The molecule has 4 saturated heterocycles. The highest BCUT2D eigenvalue weighted by Crippen LogP contribution is 2.40. The number of hydrogen-bond acceptors (Lipinski definition) is 19. The van der Waals surface area contributed by atoms with Gasteiger partial charge in [-0.3, -0.25) is 56.2 Å². The third-order valence-corrected chi connectivity index (χ3v) is 36.2. The predicted octanol–water partition coefficient (Wildman–Crippen LogP) is 22.5. The van der Waals surface area contributed by atoms with Gasteiger partial charge < -0.3 is 10.6 Å². The summed E-state index contributed by atoms with van der Waals surface area (Å²) in [4.78, 5) is 48.0. The summed E-state index contributed by atoms with van der Waals surface area (Å²) < 4.78 is 179. The fraction of sp³-hybridized carbons (Fsp3) is 0.206. The van der Waals surface area contributed by atoms with Crippen molar-refractivity contribution in [3.05, 3.63) is 342 Å². The number of nitrogens with one attached hydrogen (secondary N) is 4. The normalized spacial score (nSPS) is 15.7. The van der Waals surface area contributed by atoms with E-state index >= 15 is 0 Å². The Morgan fingerprint density at radius 1 is 0.350 bits per heavy atom. The van der Waals surface area contributed by atoms with E-state index in [1.165, 1.54) is 77.9 Å². The quantitative estimate of drug-likeness (QED) is 0.0620. The van der Waals surface area contributed by atoms with Crippen LogP contribution in [0.25, 0.3) is 88.2 Å². The summed E-state index contributed by atoms with van der Waals surface area (Å²) in [6.45, 7) is 5.62. The molecule has 27 nitrogen and oxygen atoms in total. The first-order valence-electron chi connectivity index (χ1n) is 46.6. The number of halogens is 3. The molecule has 4 aliphatic rings. The van der Waals surface area contributed by atoms with Crippen molar-refractivity contribution >= 4 is 184 Å². The number of rotatable bonds is 18. The lowest BCUT2D eigenvalue weighted by Gasteiger charge is -2.23. The summed E-state index contributed by atoms with van der Waals surface area (Å²) in [7, 11) is -21.6. The van der Waals surface area contributed by atoms with Crippen molar-refractivity contribution < 1.29 is 64.5 Å². The lowest BCUT2D eigenvalue weighted by molar-refractivity contribution is 0.101. The van der Waals surface area contributed by atoms with Gasteiger partial charge >= 0.3 is 0 Å². The summed E-state index contributed by atoms with van der Waals surface area (Å²) in [5, 5.41) is 13.1. The number of aryl methyl sites for hydroxylation is 2. The van der Waals surface area contributed by atoms with Crippen molar-refractivity contribution in [2.24, 2.45) is 0 Å². The standard InChI is InChI=1S/C28H27N3O3S.C27H26ClN3O4S2.C26H23ClN4O3S.C26H24FN3O4S2/c1-20-9-12-23(19-26(20)27-25-8-4-3-7-21(25)15-16-29-27)30-28(32)22-10-13-24(14-11-22)31-17-5-2-6-18-35(31,33)34;1-19-9-10-21(17-24(19)27-23-8-4-3-7-20(23)13-14-29-27)30-37(34,35)26-12-11-22(18-25(26)28)31-15-5-2-6-16-36(31,32)33;27-23-10-7-20(16-22(23)25-11-6-19-17-28-13-12-24(19)30-25)29-26(32)18-4-8-21(9-5-18)31-14-2-1-3-15-35(31,33)34;27-25-13-8-20(18-24(25)26-23-7-3-2-6-19(23)14-15-28-26)29-36(33,34)22-11-9-21(10-12-22)30-16-4-1-5-17-35(30,31)32/h3-4,7-16,19H,2,5-6,17-18H2,1H3,(H,30,32);3-4,7-14,17-18,30H,2,5-6,15-16H2,1H3;4-13,16-17H,1-3,14-15H2,(H,29,32);2-3,6-15,18,29H,1,4-5,16-17H2. The molecule has 4 N–H and O–H groups in total. The highest BCUT2D eigenvalue weighted by molar-refractivity contribution is 7.94. The van der Waals surface area contributed by atoms with Gasteiger partial charge in [-0.25, -0.2) is 59.9 Å². The molecule has 0 atom stereocenters. The molecular formula is C107H100Cl2FN13O14S6. The van der Waals surface area contributed by atoms with Gasteiger partial charge in [-0.1, -0.05) is 134 Å². The van der Waals surface area contributed by atoms with Crippen molar-refractivity contribution in [2.45, 2.75) is 101 Å². The van der Waals surface area contributed by atoms with Crippen molar-refractivity contribution in [3.63, 3.8) is 0 Å². The first kappa shape index (κ1) is 101. The fourth-order valence-corrected chi connectivity index (χ4v) is 27.1. The molecule has 9 heterocycles. The van der Waals surface area contributed by atoms with Crippen molar-refractivity contribution in [1.82, 2.24) is 24.9 Å². The molecule has 0 saturated carbocycles. The molecule has 4 aliphatic heterocycles. The molecule has 4 fully saturated rings. The van der Waals surface area contributed by atoms with E-state index < -0.39 is 66.0 Å². The smallest absolute Gasteiger partial charge is 0.263 e. The van der Waals surface area contributed by atoms with Gasteiger partial charge in [0, 0.05) is 135 Å². The first-order chi connectivity index (χ1) is 68.7. The van der Waals surface area contributed by atoms with Crippen LogP contribution < -0.4 is 37.3 Å². The van der Waals surface area contributed by atoms with Crippen LogP contribution >= 0.6 is 23.2 Å². The average molecular weight is 2070 g/mol. The number of anilines is 8. The van der Waals surface area contributed by atoms with Gasteiger partial charge in [-0.2, -0.15) is 0 Å². The number of aromatic nitrogens is 5. The molecular weight excluding hydrogens is 1970 g/mol. The molecule has 20 rings (SSSR count). The highest BCUT2D eigenvalue weighted by atomic mass is 35.5. The summed E-state index contributed by atoms with van der Waals surface area (Å²) in [6, 6.07) is 78.4. The minimum absolute atomic E-state index is 0.0346. The van der Waals surface area contributed by atoms with E-state index in [1.807, 2.05) is 135 Å². The van der Waals surface area contributed by atoms with Crippen LogP contribution in [0.2, 0.25) is 10.0 Å². The lowest BCUT2D eigenvalue weighted by atomic mass is 9.99. The minimum atomic E-state index is -4.05. The zero-order chi connectivity index (χ0) is 100. The Bertz CT molecular complexity index is 8260. The van der Waals surface area contributed by atoms with E-state index in [1.54, 1.807) is 110 Å². The van der Waals surface area contributed by atoms with Crippen molar-refractivity contribution in [1.29, 1.82) is 0 Å². The maximum atomic E-state index is 14.8. The van der Waals surface area contributed by atoms with E-state index in [4.69, 9.17) is 23.2 Å². The van der Waals surface area contributed by atoms with E-state index in [9.17, 15) is 64.5 Å². The predicted molar refractivity (Wildman–Crippen MR) is 569 cm³/mol. The van der Waals surface area contributed by atoms with Crippen LogP contribution in [-0.2, 0) is 60.1 Å². The van der Waals surface area contributed by atoms with Gasteiger partial charge in [0.25, 0.3) is 31.9 Å². The second-order valence-corrected chi connectivity index (χ2v) is 47.2. The zero-order valence-corrected chi connectivity index (χ0v) is 84.2. The molecule has 36 heteroatoms. The number of carbonyl (C=O) groups excluding carboxylic acids is 2. The van der Waals surface area contributed by atoms with E-state index in [0.29, 0.717) is 125 Å². The van der Waals surface area contributed by atoms with Crippen LogP contribution in [-0.4, -0.2) is 136 Å². The molecule has 143 heavy (non-hydrogen) atoms. The second-order valence-electron chi connectivity index (χ2n) is 35.0. The van der Waals surface area contributed by atoms with E-state index in [0.717, 1.165) is 128 Å². The van der Waals surface area contributed by atoms with Crippen LogP contribution in [0.4, 0.5) is 49.9 Å². The van der Waals surface area contributed by atoms with Crippen LogP contribution in [0, 0.1) is 19.7 Å². The largest absolute Gasteiger partial charge is 0.322 e. The van der Waals surface area contributed by atoms with Gasteiger partial charge in [0.15, 0.2) is 0 Å². The SMILES string of the molecule is Cc1ccc(NC(=O)c2ccc(N3CCCCCS3(=O)=O)cc2)cc1-c1nccc2ccccc12.Cc1ccc(NS(=O)(=O)c2ccc(N3CCCCCS3(=O)=O)cc2Cl)cc1-c1nccc2ccccc12.O=C(Nc1ccc(Cl)c(-c2ccc3cnccc3n2)c1)c1ccc(N2CCCCCS2(=O)=O)cc1.O=S(=O)(Nc1ccc(F)c(-c2nccc3ccccc23)c1)c1ccc(N2CCCCCS2(=O)=O)cc1. The summed E-state index contributed by atoms with van der Waals surface area (Å²) in [6.07, 6.45) is 17.7. The number of fused-ring (bicyclic) bond motifs is 4. The Kier molecular flexibility index (Phi) is 30.7. The van der Waals surface area contributed by atoms with Crippen LogP contribution in [0.5, 0.6) is 0 Å². The van der Waals surface area contributed by atoms with Crippen LogP contribution in [0.3, 0.4) is 0 Å². The Labute approximate surface area is 841 Å². The van der Waals surface area contributed by atoms with Crippen LogP contribution in [0.15, 0.2) is 314 Å². The number of amides is 2. The Balaban J connectivity index is 0.000000131. The lowest BCUT2D eigenvalue weighted by Crippen LogP contribution is -2.32. The Hall–Kier alpha value is -13.8. The van der Waals surface area contributed by atoms with Gasteiger partial charge in [-0.15, -0.1) is 0 Å². The number of hydrogen-bond donors (Lipinski definition) is 4. The average Bonchev–Trinajstić information content (AvgIpc) is 1.57. The minimum Gasteiger partial charge on any atom is -0.322 e. The zero-order valence-electron chi connectivity index (χ0n) is 77.8. The molecule has 734 valence electrons. The molecule has 0 bridgehead atoms. The number of carbonyl (C=O) groups is 2. The number of benzene rings is 11. The van der Waals surface area contributed by atoms with Crippen LogP contribution in [0.1, 0.15) is 109 Å². The molecule has 11 aromatic carbocycles. The molecule has 0 unspecified atom stereocenters. The first-order valence-corrected chi connectivity index (χ1v) is 56.7. The number of pyridine rings is 5. The third kappa shape index (κ3) is 23.6. The maximum absolute atomic E-state index is 14.8. The van der Waals surface area contributed by atoms with Crippen molar-refractivity contribution in [2.75, 3.05) is 86.5 Å². The summed E-state index contributed by atoms with van der Waals surface area (Å²) in [5.41, 5.74) is 12.9. The van der Waals surface area contributed by atoms with Gasteiger partial charge in [0.05, 0.1) is 89.0 Å². The van der Waals surface area contributed by atoms with Gasteiger partial charge in [-0.05, 0) is 281 Å².